The number of hydrogen-bond donors (Lipinski definition) is 12. The van der Waals surface area contributed by atoms with E-state index < -0.39 is 124 Å². The highest BCUT2D eigenvalue weighted by atomic mass is 16.8. The van der Waals surface area contributed by atoms with Gasteiger partial charge in [-0.2, -0.15) is 0 Å². The topological polar surface area (TPSA) is 307 Å². The van der Waals surface area contributed by atoms with E-state index in [1.165, 1.54) is 122 Å². The Hall–Kier alpha value is -2.77. The van der Waals surface area contributed by atoms with Crippen LogP contribution in [0.25, 0.3) is 0 Å². The molecule has 3 saturated heterocycles. The lowest BCUT2D eigenvalue weighted by Gasteiger charge is -2.48. The number of nitrogens with one attached hydrogen (secondary N) is 1. The van der Waals surface area contributed by atoms with Gasteiger partial charge in [0.1, 0.15) is 73.2 Å². The smallest absolute Gasteiger partial charge is 0.220 e. The van der Waals surface area contributed by atoms with Crippen LogP contribution in [-0.2, 0) is 33.2 Å². The van der Waals surface area contributed by atoms with Crippen molar-refractivity contribution in [2.75, 3.05) is 26.4 Å². The molecule has 19 nitrogen and oxygen atoms in total. The number of amides is 1. The number of hydrogen-bond acceptors (Lipinski definition) is 18. The molecule has 0 aliphatic carbocycles. The lowest BCUT2D eigenvalue weighted by molar-refractivity contribution is -0.379. The standard InChI is InChI=1S/C67H117NO18/c1-3-5-7-9-11-13-15-17-19-20-21-22-23-24-25-26-27-28-29-31-32-34-36-38-40-42-44-51(72)50(68-55(73)45-43-41-39-37-35-33-30-18-16-14-12-10-8-6-4-2)49-81-65-61(79)58(76)63(53(47-70)83-65)86-67-62(80)59(77)64(54(48-71)84-67)85-66-60(78)57(75)56(74)52(46-69)82-66/h6,8,12,14,18,30,34-37,42,44,50-54,56-67,69-72,74-80H,3-5,7,9-11,13,15-17,19-29,31-33,38-41,43,45-49H2,1-2H3,(H,68,73)/b8-6-,14-12-,30-18-,36-34+,37-35-,44-42+. The number of aliphatic hydroxyl groups excluding tert-OH is 11. The Morgan fingerprint density at radius 2 is 0.814 bits per heavy atom. The monoisotopic (exact) mass is 1220 g/mol. The summed E-state index contributed by atoms with van der Waals surface area (Å²) in [5.74, 6) is -0.328. The van der Waals surface area contributed by atoms with Crippen LogP contribution < -0.4 is 5.32 Å². The van der Waals surface area contributed by atoms with Crippen LogP contribution in [-0.4, -0.2) is 193 Å². The minimum atomic E-state index is -1.99. The van der Waals surface area contributed by atoms with Crippen molar-refractivity contribution < 1.29 is 89.4 Å². The molecule has 3 aliphatic rings. The molecule has 3 heterocycles. The van der Waals surface area contributed by atoms with Crippen molar-refractivity contribution in [1.29, 1.82) is 0 Å². The van der Waals surface area contributed by atoms with Crippen molar-refractivity contribution in [2.24, 2.45) is 0 Å². The minimum Gasteiger partial charge on any atom is -0.394 e. The third-order valence-corrected chi connectivity index (χ3v) is 16.2. The van der Waals surface area contributed by atoms with Gasteiger partial charge in [0.25, 0.3) is 0 Å². The molecule has 3 rings (SSSR count). The Morgan fingerprint density at radius 3 is 1.30 bits per heavy atom. The second kappa shape index (κ2) is 49.0. The van der Waals surface area contributed by atoms with Crippen LogP contribution in [0, 0.1) is 0 Å². The van der Waals surface area contributed by atoms with Crippen molar-refractivity contribution >= 4 is 5.91 Å². The fourth-order valence-electron chi connectivity index (χ4n) is 10.8. The second-order valence-corrected chi connectivity index (χ2v) is 23.5. The number of carbonyl (C=O) groups is 1. The van der Waals surface area contributed by atoms with Crippen LogP contribution in [0.15, 0.2) is 72.9 Å². The molecule has 0 aromatic carbocycles. The molecule has 17 unspecified atom stereocenters. The van der Waals surface area contributed by atoms with Gasteiger partial charge in [-0.3, -0.25) is 4.79 Å². The molecule has 498 valence electrons. The Kier molecular flexibility index (Phi) is 44.1. The van der Waals surface area contributed by atoms with Crippen LogP contribution in [0.2, 0.25) is 0 Å². The summed E-state index contributed by atoms with van der Waals surface area (Å²) >= 11 is 0. The zero-order valence-electron chi connectivity index (χ0n) is 52.3. The summed E-state index contributed by atoms with van der Waals surface area (Å²) in [6.07, 6.45) is 33.3. The summed E-state index contributed by atoms with van der Waals surface area (Å²) < 4.78 is 34.2. The van der Waals surface area contributed by atoms with Gasteiger partial charge in [-0.15, -0.1) is 0 Å². The first kappa shape index (κ1) is 77.5. The maximum absolute atomic E-state index is 13.3. The predicted octanol–water partition coefficient (Wildman–Crippen LogP) is 7.77. The molecule has 0 spiro atoms. The van der Waals surface area contributed by atoms with Crippen LogP contribution in [0.5, 0.6) is 0 Å². The van der Waals surface area contributed by atoms with E-state index in [0.29, 0.717) is 12.8 Å². The summed E-state index contributed by atoms with van der Waals surface area (Å²) in [6.45, 7) is 1.56. The first-order chi connectivity index (χ1) is 41.8. The van der Waals surface area contributed by atoms with Gasteiger partial charge in [-0.25, -0.2) is 0 Å². The van der Waals surface area contributed by atoms with E-state index in [9.17, 15) is 61.0 Å². The first-order valence-corrected chi connectivity index (χ1v) is 33.2. The molecule has 0 saturated carbocycles. The van der Waals surface area contributed by atoms with Crippen LogP contribution in [0.1, 0.15) is 213 Å². The van der Waals surface area contributed by atoms with Gasteiger partial charge in [0, 0.05) is 6.42 Å². The molecule has 0 bridgehead atoms. The SMILES string of the molecule is CC/C=C\C/C=C\C/C=C\C/C=C\CCCCC(=O)NC(COC1OC(CO)C(OC2OC(CO)C(OC3OC(CO)C(O)C(O)C3O)C(O)C2O)C(O)C1O)C(O)/C=C/CC/C=C/CCCCCCCCCCCCCCCCCCCCCC. The average Bonchev–Trinajstić information content (AvgIpc) is 2.24. The maximum atomic E-state index is 13.3. The molecule has 19 heteroatoms. The van der Waals surface area contributed by atoms with Gasteiger partial charge in [-0.1, -0.05) is 209 Å². The van der Waals surface area contributed by atoms with Gasteiger partial charge in [0.05, 0.1) is 38.6 Å². The summed E-state index contributed by atoms with van der Waals surface area (Å²) in [7, 11) is 0. The Bertz CT molecular complexity index is 1850. The Morgan fingerprint density at radius 1 is 0.430 bits per heavy atom. The molecule has 3 fully saturated rings. The third-order valence-electron chi connectivity index (χ3n) is 16.2. The van der Waals surface area contributed by atoms with Gasteiger partial charge in [0.2, 0.25) is 5.91 Å². The highest BCUT2D eigenvalue weighted by Crippen LogP contribution is 2.33. The Balaban J connectivity index is 1.47. The van der Waals surface area contributed by atoms with Gasteiger partial charge in [-0.05, 0) is 70.6 Å². The van der Waals surface area contributed by atoms with Crippen LogP contribution in [0.4, 0.5) is 0 Å². The van der Waals surface area contributed by atoms with E-state index in [1.807, 2.05) is 6.08 Å². The Labute approximate surface area is 515 Å². The maximum Gasteiger partial charge on any atom is 0.220 e. The van der Waals surface area contributed by atoms with Crippen molar-refractivity contribution in [3.63, 3.8) is 0 Å². The molecular formula is C67H117NO18. The van der Waals surface area contributed by atoms with Crippen molar-refractivity contribution in [3.8, 4) is 0 Å². The van der Waals surface area contributed by atoms with Gasteiger partial charge >= 0.3 is 0 Å². The van der Waals surface area contributed by atoms with Gasteiger partial charge < -0.3 is 89.9 Å². The molecular weight excluding hydrogens is 1110 g/mol. The second-order valence-electron chi connectivity index (χ2n) is 23.5. The van der Waals surface area contributed by atoms with E-state index in [1.54, 1.807) is 6.08 Å². The number of unbranched alkanes of at least 4 members (excludes halogenated alkanes) is 23. The van der Waals surface area contributed by atoms with Crippen molar-refractivity contribution in [3.05, 3.63) is 72.9 Å². The van der Waals surface area contributed by atoms with Gasteiger partial charge in [0.15, 0.2) is 18.9 Å². The minimum absolute atomic E-state index is 0.180. The quantitative estimate of drug-likeness (QED) is 0.0204. The number of allylic oxidation sites excluding steroid dienone is 11. The molecule has 0 aromatic rings. The molecule has 86 heavy (non-hydrogen) atoms. The number of rotatable bonds is 49. The average molecular weight is 1220 g/mol. The van der Waals surface area contributed by atoms with E-state index in [4.69, 9.17) is 28.4 Å². The third kappa shape index (κ3) is 31.3. The molecule has 0 aromatic heterocycles. The molecule has 0 radical (unpaired) electrons. The predicted molar refractivity (Wildman–Crippen MR) is 332 cm³/mol. The summed E-state index contributed by atoms with van der Waals surface area (Å²) in [4.78, 5) is 13.3. The first-order valence-electron chi connectivity index (χ1n) is 33.2. The van der Waals surface area contributed by atoms with E-state index in [2.05, 4.69) is 79.9 Å². The zero-order valence-corrected chi connectivity index (χ0v) is 52.3. The lowest BCUT2D eigenvalue weighted by Crippen LogP contribution is -2.66. The number of ether oxygens (including phenoxy) is 6. The molecule has 3 aliphatic heterocycles. The highest BCUT2D eigenvalue weighted by Gasteiger charge is 2.53. The number of carbonyl (C=O) groups excluding carboxylic acids is 1. The van der Waals surface area contributed by atoms with E-state index >= 15 is 0 Å². The summed E-state index contributed by atoms with van der Waals surface area (Å²) in [5.41, 5.74) is 0. The normalized spacial score (nSPS) is 29.2. The molecule has 17 atom stereocenters. The lowest BCUT2D eigenvalue weighted by atomic mass is 9.96. The fourth-order valence-corrected chi connectivity index (χ4v) is 10.8. The molecule has 1 amide bonds. The zero-order chi connectivity index (χ0) is 62.6. The summed E-state index contributed by atoms with van der Waals surface area (Å²) in [6, 6.07) is -1.02. The van der Waals surface area contributed by atoms with E-state index in [0.717, 1.165) is 57.8 Å². The van der Waals surface area contributed by atoms with E-state index in [-0.39, 0.29) is 18.9 Å². The fraction of sp³-hybridized carbons (Fsp3) is 0.806. The largest absolute Gasteiger partial charge is 0.394 e. The van der Waals surface area contributed by atoms with Crippen molar-refractivity contribution in [2.45, 2.75) is 317 Å². The van der Waals surface area contributed by atoms with Crippen molar-refractivity contribution in [1.82, 2.24) is 5.32 Å². The molecule has 12 N–H and O–H groups in total. The number of aliphatic hydroxyl groups is 11. The highest BCUT2D eigenvalue weighted by molar-refractivity contribution is 5.76. The summed E-state index contributed by atoms with van der Waals surface area (Å²) in [5, 5.41) is 120. The van der Waals surface area contributed by atoms with Crippen LogP contribution in [0.3, 0.4) is 0 Å². The van der Waals surface area contributed by atoms with Crippen LogP contribution >= 0.6 is 0 Å².